The summed E-state index contributed by atoms with van der Waals surface area (Å²) in [4.78, 5) is 37.7. The number of rotatable bonds is 7. The molecule has 1 aliphatic heterocycles. The van der Waals surface area contributed by atoms with Gasteiger partial charge in [0.15, 0.2) is 5.69 Å². The van der Waals surface area contributed by atoms with Crippen LogP contribution in [0.4, 0.5) is 0 Å². The zero-order chi connectivity index (χ0) is 20.6. The van der Waals surface area contributed by atoms with E-state index in [9.17, 15) is 14.4 Å². The van der Waals surface area contributed by atoms with E-state index in [1.54, 1.807) is 29.3 Å². The van der Waals surface area contributed by atoms with E-state index in [0.717, 1.165) is 18.4 Å². The standard InChI is InChI=1S/C21H24N4O4/c1-29-19(26)7-10-22-20(27)17-5-2-4-15(13-17)12-16-8-11-25(14-16)21(28)18-6-3-9-23-24-18/h2-6,9,13,16H,7-8,10-12,14H2,1H3,(H,22,27). The number of aromatic nitrogens is 2. The van der Waals surface area contributed by atoms with Gasteiger partial charge in [0.05, 0.1) is 13.5 Å². The van der Waals surface area contributed by atoms with Gasteiger partial charge in [0.25, 0.3) is 11.8 Å². The van der Waals surface area contributed by atoms with Gasteiger partial charge in [-0.15, -0.1) is 5.10 Å². The van der Waals surface area contributed by atoms with Crippen LogP contribution in [-0.4, -0.2) is 59.6 Å². The Balaban J connectivity index is 1.53. The third kappa shape index (κ3) is 5.60. The Morgan fingerprint density at radius 3 is 2.86 bits per heavy atom. The third-order valence-corrected chi connectivity index (χ3v) is 4.92. The van der Waals surface area contributed by atoms with Gasteiger partial charge in [-0.05, 0) is 48.6 Å². The third-order valence-electron chi connectivity index (χ3n) is 4.92. The van der Waals surface area contributed by atoms with Gasteiger partial charge in [0, 0.05) is 31.4 Å². The number of carbonyl (C=O) groups excluding carboxylic acids is 3. The van der Waals surface area contributed by atoms with Crippen molar-refractivity contribution in [3.8, 4) is 0 Å². The molecule has 29 heavy (non-hydrogen) atoms. The van der Waals surface area contributed by atoms with E-state index in [4.69, 9.17) is 0 Å². The highest BCUT2D eigenvalue weighted by Gasteiger charge is 2.27. The quantitative estimate of drug-likeness (QED) is 0.712. The maximum absolute atomic E-state index is 12.5. The molecule has 3 rings (SSSR count). The van der Waals surface area contributed by atoms with E-state index in [0.29, 0.717) is 30.3 Å². The maximum Gasteiger partial charge on any atom is 0.307 e. The summed E-state index contributed by atoms with van der Waals surface area (Å²) >= 11 is 0. The van der Waals surface area contributed by atoms with Gasteiger partial charge in [0.2, 0.25) is 0 Å². The number of carbonyl (C=O) groups is 3. The first-order valence-corrected chi connectivity index (χ1v) is 9.57. The number of methoxy groups -OCH3 is 1. The molecular formula is C21H24N4O4. The number of nitrogens with one attached hydrogen (secondary N) is 1. The van der Waals surface area contributed by atoms with E-state index in [-0.39, 0.29) is 30.7 Å². The van der Waals surface area contributed by atoms with Gasteiger partial charge < -0.3 is 15.0 Å². The zero-order valence-electron chi connectivity index (χ0n) is 16.3. The molecule has 0 radical (unpaired) electrons. The Bertz CT molecular complexity index is 872. The molecule has 0 spiro atoms. The second kappa shape index (κ2) is 9.77. The predicted molar refractivity (Wildman–Crippen MR) is 105 cm³/mol. The summed E-state index contributed by atoms with van der Waals surface area (Å²) in [7, 11) is 1.32. The van der Waals surface area contributed by atoms with Crippen LogP contribution >= 0.6 is 0 Å². The fraction of sp³-hybridized carbons (Fsp3) is 0.381. The smallest absolute Gasteiger partial charge is 0.307 e. The second-order valence-electron chi connectivity index (χ2n) is 7.00. The van der Waals surface area contributed by atoms with E-state index in [2.05, 4.69) is 20.3 Å². The number of esters is 1. The molecule has 2 aromatic rings. The Morgan fingerprint density at radius 2 is 2.10 bits per heavy atom. The van der Waals surface area contributed by atoms with Crippen molar-refractivity contribution in [2.24, 2.45) is 5.92 Å². The highest BCUT2D eigenvalue weighted by molar-refractivity contribution is 5.94. The van der Waals surface area contributed by atoms with Crippen LogP contribution in [-0.2, 0) is 16.0 Å². The van der Waals surface area contributed by atoms with Crippen molar-refractivity contribution < 1.29 is 19.1 Å². The van der Waals surface area contributed by atoms with Gasteiger partial charge in [-0.2, -0.15) is 5.10 Å². The SMILES string of the molecule is COC(=O)CCNC(=O)c1cccc(CC2CCN(C(=O)c3cccnn3)C2)c1. The minimum atomic E-state index is -0.360. The van der Waals surface area contributed by atoms with Gasteiger partial charge in [0.1, 0.15) is 0 Å². The molecular weight excluding hydrogens is 372 g/mol. The van der Waals surface area contributed by atoms with E-state index >= 15 is 0 Å². The van der Waals surface area contributed by atoms with Crippen molar-refractivity contribution in [2.75, 3.05) is 26.7 Å². The van der Waals surface area contributed by atoms with Gasteiger partial charge in [-0.25, -0.2) is 0 Å². The molecule has 1 fully saturated rings. The van der Waals surface area contributed by atoms with Crippen LogP contribution < -0.4 is 5.32 Å². The maximum atomic E-state index is 12.5. The molecule has 1 aliphatic rings. The molecule has 2 amide bonds. The summed E-state index contributed by atoms with van der Waals surface area (Å²) in [5.74, 6) is -0.352. The van der Waals surface area contributed by atoms with Crippen molar-refractivity contribution in [1.82, 2.24) is 20.4 Å². The Hall–Kier alpha value is -3.29. The number of likely N-dealkylation sites (tertiary alicyclic amines) is 1. The number of amides is 2. The summed E-state index contributed by atoms with van der Waals surface area (Å²) in [6.07, 6.45) is 3.37. The lowest BCUT2D eigenvalue weighted by Crippen LogP contribution is -2.29. The lowest BCUT2D eigenvalue weighted by atomic mass is 9.97. The number of benzene rings is 1. The lowest BCUT2D eigenvalue weighted by molar-refractivity contribution is -0.140. The number of hydrogen-bond donors (Lipinski definition) is 1. The monoisotopic (exact) mass is 396 g/mol. The summed E-state index contributed by atoms with van der Waals surface area (Å²) in [6, 6.07) is 10.8. The highest BCUT2D eigenvalue weighted by Crippen LogP contribution is 2.22. The topological polar surface area (TPSA) is 101 Å². The summed E-state index contributed by atoms with van der Waals surface area (Å²) in [5, 5.41) is 10.4. The highest BCUT2D eigenvalue weighted by atomic mass is 16.5. The average Bonchev–Trinajstić information content (AvgIpc) is 3.22. The van der Waals surface area contributed by atoms with E-state index in [1.165, 1.54) is 7.11 Å². The van der Waals surface area contributed by atoms with E-state index < -0.39 is 0 Å². The predicted octanol–water partition coefficient (Wildman–Crippen LogP) is 1.47. The molecule has 0 bridgehead atoms. The van der Waals surface area contributed by atoms with Crippen LogP contribution in [0, 0.1) is 5.92 Å². The molecule has 0 saturated carbocycles. The Morgan fingerprint density at radius 1 is 1.24 bits per heavy atom. The molecule has 1 aromatic carbocycles. The summed E-state index contributed by atoms with van der Waals surface area (Å²) in [6.45, 7) is 1.58. The Kier molecular flexibility index (Phi) is 6.89. The molecule has 1 unspecified atom stereocenters. The molecule has 8 nitrogen and oxygen atoms in total. The largest absolute Gasteiger partial charge is 0.469 e. The molecule has 0 aliphatic carbocycles. The first-order valence-electron chi connectivity index (χ1n) is 9.57. The van der Waals surface area contributed by atoms with Crippen molar-refractivity contribution in [3.05, 3.63) is 59.4 Å². The van der Waals surface area contributed by atoms with E-state index in [1.807, 2.05) is 18.2 Å². The minimum absolute atomic E-state index is 0.0978. The molecule has 2 heterocycles. The fourth-order valence-corrected chi connectivity index (χ4v) is 3.42. The van der Waals surface area contributed by atoms with Crippen molar-refractivity contribution in [3.63, 3.8) is 0 Å². The fourth-order valence-electron chi connectivity index (χ4n) is 3.42. The normalized spacial score (nSPS) is 15.8. The van der Waals surface area contributed by atoms with Crippen molar-refractivity contribution in [2.45, 2.75) is 19.3 Å². The summed E-state index contributed by atoms with van der Waals surface area (Å²) < 4.78 is 4.56. The van der Waals surface area contributed by atoms with Crippen LogP contribution in [0.3, 0.4) is 0 Å². The number of hydrogen-bond acceptors (Lipinski definition) is 6. The summed E-state index contributed by atoms with van der Waals surface area (Å²) in [5.41, 5.74) is 1.96. The van der Waals surface area contributed by atoms with Crippen molar-refractivity contribution >= 4 is 17.8 Å². The molecule has 1 aromatic heterocycles. The molecule has 152 valence electrons. The van der Waals surface area contributed by atoms with Gasteiger partial charge in [-0.3, -0.25) is 14.4 Å². The number of nitrogens with zero attached hydrogens (tertiary/aromatic N) is 3. The van der Waals surface area contributed by atoms with Crippen LogP contribution in [0.15, 0.2) is 42.6 Å². The Labute approximate surface area is 169 Å². The molecule has 1 N–H and O–H groups in total. The van der Waals surface area contributed by atoms with Gasteiger partial charge >= 0.3 is 5.97 Å². The zero-order valence-corrected chi connectivity index (χ0v) is 16.3. The molecule has 8 heteroatoms. The van der Waals surface area contributed by atoms with Crippen LogP contribution in [0.25, 0.3) is 0 Å². The van der Waals surface area contributed by atoms with Crippen LogP contribution in [0.1, 0.15) is 39.3 Å². The molecule has 1 atom stereocenters. The first-order chi connectivity index (χ1) is 14.1. The minimum Gasteiger partial charge on any atom is -0.469 e. The van der Waals surface area contributed by atoms with Crippen molar-refractivity contribution in [1.29, 1.82) is 0 Å². The van der Waals surface area contributed by atoms with Crippen LogP contribution in [0.2, 0.25) is 0 Å². The average molecular weight is 396 g/mol. The van der Waals surface area contributed by atoms with Gasteiger partial charge in [-0.1, -0.05) is 12.1 Å². The lowest BCUT2D eigenvalue weighted by Gasteiger charge is -2.16. The first kappa shape index (κ1) is 20.4. The second-order valence-corrected chi connectivity index (χ2v) is 7.00. The molecule has 1 saturated heterocycles. The number of ether oxygens (including phenoxy) is 1. The van der Waals surface area contributed by atoms with Crippen LogP contribution in [0.5, 0.6) is 0 Å².